The van der Waals surface area contributed by atoms with Gasteiger partial charge in [0.05, 0.1) is 10.8 Å². The first-order valence-corrected chi connectivity index (χ1v) is 12.1. The fourth-order valence-electron chi connectivity index (χ4n) is 4.68. The van der Waals surface area contributed by atoms with Gasteiger partial charge in [0.1, 0.15) is 0 Å². The molecular weight excluding hydrogens is 390 g/mol. The number of amides is 2. The van der Waals surface area contributed by atoms with Crippen molar-refractivity contribution in [2.24, 2.45) is 5.92 Å². The second-order valence-electron chi connectivity index (χ2n) is 8.36. The number of rotatable bonds is 5. The van der Waals surface area contributed by atoms with Crippen molar-refractivity contribution in [1.29, 1.82) is 0 Å². The van der Waals surface area contributed by atoms with Gasteiger partial charge in [0.2, 0.25) is 21.8 Å². The van der Waals surface area contributed by atoms with Gasteiger partial charge in [-0.3, -0.25) is 9.59 Å². The first-order chi connectivity index (χ1) is 13.9. The molecule has 29 heavy (non-hydrogen) atoms. The van der Waals surface area contributed by atoms with Crippen LogP contribution in [-0.2, 0) is 19.6 Å². The van der Waals surface area contributed by atoms with Crippen molar-refractivity contribution in [1.82, 2.24) is 9.21 Å². The lowest BCUT2D eigenvalue weighted by Crippen LogP contribution is -2.35. The van der Waals surface area contributed by atoms with Crippen molar-refractivity contribution in [2.45, 2.75) is 62.3 Å². The van der Waals surface area contributed by atoms with Gasteiger partial charge >= 0.3 is 0 Å². The summed E-state index contributed by atoms with van der Waals surface area (Å²) >= 11 is 0. The molecule has 1 N–H and O–H groups in total. The van der Waals surface area contributed by atoms with Crippen LogP contribution in [-0.4, -0.2) is 55.1 Å². The molecule has 1 atom stereocenters. The predicted molar refractivity (Wildman–Crippen MR) is 110 cm³/mol. The summed E-state index contributed by atoms with van der Waals surface area (Å²) in [5.41, 5.74) is 0.555. The van der Waals surface area contributed by atoms with Crippen LogP contribution < -0.4 is 5.32 Å². The molecular formula is C21H29N3O4S. The normalized spacial score (nSPS) is 24.2. The van der Waals surface area contributed by atoms with Crippen molar-refractivity contribution < 1.29 is 18.0 Å². The molecule has 3 fully saturated rings. The summed E-state index contributed by atoms with van der Waals surface area (Å²) in [6, 6.07) is 6.63. The highest BCUT2D eigenvalue weighted by Crippen LogP contribution is 2.30. The van der Waals surface area contributed by atoms with Crippen LogP contribution in [0.2, 0.25) is 0 Å². The Morgan fingerprint density at radius 3 is 2.28 bits per heavy atom. The molecule has 8 heteroatoms. The minimum atomic E-state index is -3.48. The lowest BCUT2D eigenvalue weighted by atomic mass is 10.1. The molecule has 1 aromatic carbocycles. The van der Waals surface area contributed by atoms with Crippen LogP contribution in [0.15, 0.2) is 29.2 Å². The maximum absolute atomic E-state index is 12.7. The van der Waals surface area contributed by atoms with E-state index in [1.807, 2.05) is 4.90 Å². The lowest BCUT2D eigenvalue weighted by Gasteiger charge is -2.26. The number of nitrogens with one attached hydrogen (secondary N) is 1. The van der Waals surface area contributed by atoms with Gasteiger partial charge in [-0.1, -0.05) is 19.3 Å². The van der Waals surface area contributed by atoms with Crippen molar-refractivity contribution in [2.75, 3.05) is 25.0 Å². The molecule has 1 saturated carbocycles. The molecule has 1 aliphatic carbocycles. The van der Waals surface area contributed by atoms with Gasteiger partial charge in [0, 0.05) is 37.8 Å². The third-order valence-electron chi connectivity index (χ3n) is 6.37. The molecule has 4 rings (SSSR count). The van der Waals surface area contributed by atoms with E-state index in [9.17, 15) is 18.0 Å². The fourth-order valence-corrected chi connectivity index (χ4v) is 6.20. The van der Waals surface area contributed by atoms with E-state index < -0.39 is 10.0 Å². The number of sulfonamides is 1. The Balaban J connectivity index is 1.37. The first-order valence-electron chi connectivity index (χ1n) is 10.7. The van der Waals surface area contributed by atoms with Gasteiger partial charge in [-0.25, -0.2) is 8.42 Å². The molecule has 0 radical (unpaired) electrons. The Morgan fingerprint density at radius 2 is 1.62 bits per heavy atom. The second-order valence-corrected chi connectivity index (χ2v) is 10.3. The molecule has 7 nitrogen and oxygen atoms in total. The van der Waals surface area contributed by atoms with E-state index in [-0.39, 0.29) is 29.0 Å². The summed E-state index contributed by atoms with van der Waals surface area (Å²) in [5, 5.41) is 2.85. The van der Waals surface area contributed by atoms with E-state index in [0.29, 0.717) is 31.4 Å². The molecule has 2 saturated heterocycles. The zero-order chi connectivity index (χ0) is 20.4. The van der Waals surface area contributed by atoms with E-state index in [2.05, 4.69) is 5.32 Å². The van der Waals surface area contributed by atoms with Crippen LogP contribution in [0.5, 0.6) is 0 Å². The molecule has 2 aliphatic heterocycles. The number of anilines is 1. The number of likely N-dealkylation sites (tertiary alicyclic amines) is 1. The summed E-state index contributed by atoms with van der Waals surface area (Å²) in [6.45, 7) is 1.61. The molecule has 0 unspecified atom stereocenters. The van der Waals surface area contributed by atoms with Crippen molar-refractivity contribution in [3.05, 3.63) is 24.3 Å². The Morgan fingerprint density at radius 1 is 0.966 bits per heavy atom. The van der Waals surface area contributed by atoms with Gasteiger partial charge in [-0.05, 0) is 49.9 Å². The van der Waals surface area contributed by atoms with E-state index in [1.54, 1.807) is 24.3 Å². The average molecular weight is 420 g/mol. The van der Waals surface area contributed by atoms with E-state index in [4.69, 9.17) is 0 Å². The molecule has 0 aromatic heterocycles. The van der Waals surface area contributed by atoms with E-state index in [0.717, 1.165) is 44.9 Å². The van der Waals surface area contributed by atoms with Crippen LogP contribution in [0.1, 0.15) is 51.4 Å². The Kier molecular flexibility index (Phi) is 5.92. The Hall–Kier alpha value is -1.93. The van der Waals surface area contributed by atoms with Crippen molar-refractivity contribution >= 4 is 27.5 Å². The van der Waals surface area contributed by atoms with Crippen LogP contribution in [0.25, 0.3) is 0 Å². The standard InChI is InChI=1S/C21H29N3O4S/c25-20-14-16(15-24(20)18-6-2-3-7-18)21(26)22-17-8-10-19(11-9-17)29(27,28)23-12-4-1-5-13-23/h8-11,16,18H,1-7,12-15H2,(H,22,26)/t16-/m0/s1. The van der Waals surface area contributed by atoms with E-state index >= 15 is 0 Å². The number of benzene rings is 1. The molecule has 2 amide bonds. The number of hydrogen-bond acceptors (Lipinski definition) is 4. The molecule has 158 valence electrons. The van der Waals surface area contributed by atoms with E-state index in [1.165, 1.54) is 4.31 Å². The van der Waals surface area contributed by atoms with Crippen LogP contribution in [0.4, 0.5) is 5.69 Å². The Bertz CT molecular complexity index is 856. The maximum Gasteiger partial charge on any atom is 0.243 e. The summed E-state index contributed by atoms with van der Waals surface area (Å²) in [6.07, 6.45) is 7.48. The quantitative estimate of drug-likeness (QED) is 0.795. The average Bonchev–Trinajstić information content (AvgIpc) is 3.38. The van der Waals surface area contributed by atoms with Crippen LogP contribution in [0, 0.1) is 5.92 Å². The topological polar surface area (TPSA) is 86.8 Å². The summed E-state index contributed by atoms with van der Waals surface area (Å²) in [7, 11) is -3.48. The summed E-state index contributed by atoms with van der Waals surface area (Å²) in [5.74, 6) is -0.453. The molecule has 3 aliphatic rings. The molecule has 2 heterocycles. The van der Waals surface area contributed by atoms with Crippen LogP contribution in [0.3, 0.4) is 0 Å². The van der Waals surface area contributed by atoms with Gasteiger partial charge in [-0.2, -0.15) is 4.31 Å². The number of piperidine rings is 1. The lowest BCUT2D eigenvalue weighted by molar-refractivity contribution is -0.129. The molecule has 1 aromatic rings. The number of nitrogens with zero attached hydrogens (tertiary/aromatic N) is 2. The van der Waals surface area contributed by atoms with Gasteiger partial charge in [-0.15, -0.1) is 0 Å². The van der Waals surface area contributed by atoms with Crippen molar-refractivity contribution in [3.8, 4) is 0 Å². The molecule has 0 bridgehead atoms. The predicted octanol–water partition coefficient (Wildman–Crippen LogP) is 2.59. The van der Waals surface area contributed by atoms with Gasteiger partial charge in [0.15, 0.2) is 0 Å². The van der Waals surface area contributed by atoms with Gasteiger partial charge < -0.3 is 10.2 Å². The zero-order valence-electron chi connectivity index (χ0n) is 16.7. The third-order valence-corrected chi connectivity index (χ3v) is 8.28. The number of hydrogen-bond donors (Lipinski definition) is 1. The fraction of sp³-hybridized carbons (Fsp3) is 0.619. The highest BCUT2D eigenvalue weighted by molar-refractivity contribution is 7.89. The second kappa shape index (κ2) is 8.44. The van der Waals surface area contributed by atoms with Gasteiger partial charge in [0.25, 0.3) is 0 Å². The smallest absolute Gasteiger partial charge is 0.243 e. The first kappa shape index (κ1) is 20.3. The minimum absolute atomic E-state index is 0.0695. The highest BCUT2D eigenvalue weighted by atomic mass is 32.2. The highest BCUT2D eigenvalue weighted by Gasteiger charge is 2.38. The summed E-state index contributed by atoms with van der Waals surface area (Å²) < 4.78 is 27.0. The monoisotopic (exact) mass is 419 g/mol. The SMILES string of the molecule is O=C(Nc1ccc(S(=O)(=O)N2CCCCC2)cc1)[C@H]1CC(=O)N(C2CCCC2)C1. The largest absolute Gasteiger partial charge is 0.339 e. The number of carbonyl (C=O) groups excluding carboxylic acids is 2. The zero-order valence-corrected chi connectivity index (χ0v) is 17.5. The summed E-state index contributed by atoms with van der Waals surface area (Å²) in [4.78, 5) is 27.1. The van der Waals surface area contributed by atoms with Crippen LogP contribution >= 0.6 is 0 Å². The number of carbonyl (C=O) groups is 2. The maximum atomic E-state index is 12.7. The third kappa shape index (κ3) is 4.33. The molecule has 0 spiro atoms. The minimum Gasteiger partial charge on any atom is -0.339 e. The Labute approximate surface area is 172 Å². The van der Waals surface area contributed by atoms with Crippen molar-refractivity contribution in [3.63, 3.8) is 0 Å².